The lowest BCUT2D eigenvalue weighted by Crippen LogP contribution is -2.34. The first-order chi connectivity index (χ1) is 25.7. The minimum Gasteiger partial charge on any atom is -0.461 e. The fourth-order valence-corrected chi connectivity index (χ4v) is 5.48. The summed E-state index contributed by atoms with van der Waals surface area (Å²) in [4.78, 5) is 50.8. The molecule has 0 saturated carbocycles. The van der Waals surface area contributed by atoms with Crippen molar-refractivity contribution in [3.05, 3.63) is 145 Å². The highest BCUT2D eigenvalue weighted by Gasteiger charge is 2.24. The molecule has 0 N–H and O–H groups in total. The van der Waals surface area contributed by atoms with Crippen LogP contribution in [0.1, 0.15) is 48.9 Å². The van der Waals surface area contributed by atoms with Crippen LogP contribution in [-0.4, -0.2) is 48.4 Å². The first-order valence-electron chi connectivity index (χ1n) is 17.7. The molecular weight excluding hydrogens is 670 g/mol. The van der Waals surface area contributed by atoms with Gasteiger partial charge in [0, 0.05) is 25.1 Å². The van der Waals surface area contributed by atoms with E-state index in [1.807, 2.05) is 111 Å². The zero-order chi connectivity index (χ0) is 38.0. The molecule has 276 valence electrons. The van der Waals surface area contributed by atoms with Gasteiger partial charge >= 0.3 is 23.9 Å². The van der Waals surface area contributed by atoms with Gasteiger partial charge in [-0.1, -0.05) is 124 Å². The molecule has 1 unspecified atom stereocenters. The lowest BCUT2D eigenvalue weighted by Gasteiger charge is -2.24. The summed E-state index contributed by atoms with van der Waals surface area (Å²) in [6.45, 7) is 13.5. The molecule has 0 aliphatic heterocycles. The molecule has 0 bridgehead atoms. The summed E-state index contributed by atoms with van der Waals surface area (Å²) < 4.78 is 21.5. The van der Waals surface area contributed by atoms with Crippen LogP contribution >= 0.6 is 0 Å². The van der Waals surface area contributed by atoms with Crippen molar-refractivity contribution in [2.45, 2.75) is 53.1 Å². The van der Waals surface area contributed by atoms with Gasteiger partial charge in [0.1, 0.15) is 26.4 Å². The second kappa shape index (κ2) is 20.9. The van der Waals surface area contributed by atoms with E-state index in [-0.39, 0.29) is 44.8 Å². The molecule has 0 aromatic heterocycles. The number of benzene rings is 4. The fraction of sp³-hybridized carbons (Fsp3) is 0.273. The molecule has 0 aliphatic rings. The lowest BCUT2D eigenvalue weighted by atomic mass is 10.0. The molecule has 0 heterocycles. The molecule has 9 nitrogen and oxygen atoms in total. The highest BCUT2D eigenvalue weighted by atomic mass is 16.5. The van der Waals surface area contributed by atoms with Crippen molar-refractivity contribution in [1.29, 1.82) is 0 Å². The number of hydrogen-bond acceptors (Lipinski definition) is 9. The highest BCUT2D eigenvalue weighted by molar-refractivity contribution is 5.81. The molecule has 0 fully saturated rings. The molecule has 9 heteroatoms. The van der Waals surface area contributed by atoms with Crippen LogP contribution in [0.4, 0.5) is 0 Å². The summed E-state index contributed by atoms with van der Waals surface area (Å²) in [5.41, 5.74) is 7.46. The number of nitrogens with zero attached hydrogens (tertiary/aromatic N) is 1. The van der Waals surface area contributed by atoms with Crippen molar-refractivity contribution in [2.24, 2.45) is 5.92 Å². The van der Waals surface area contributed by atoms with Gasteiger partial charge in [0.15, 0.2) is 0 Å². The number of hydrogen-bond donors (Lipinski definition) is 0. The van der Waals surface area contributed by atoms with Gasteiger partial charge in [0.2, 0.25) is 0 Å². The quantitative estimate of drug-likeness (QED) is 0.0511. The van der Waals surface area contributed by atoms with Gasteiger partial charge in [-0.15, -0.1) is 0 Å². The number of rotatable bonds is 20. The van der Waals surface area contributed by atoms with E-state index in [2.05, 4.69) is 18.1 Å². The first-order valence-corrected chi connectivity index (χ1v) is 17.7. The maximum atomic E-state index is 13.3. The Bertz CT molecular complexity index is 1810. The van der Waals surface area contributed by atoms with Crippen molar-refractivity contribution in [1.82, 2.24) is 4.90 Å². The zero-order valence-corrected chi connectivity index (χ0v) is 30.5. The van der Waals surface area contributed by atoms with Crippen molar-refractivity contribution in [3.63, 3.8) is 0 Å². The Kier molecular flexibility index (Phi) is 15.8. The third-order valence-corrected chi connectivity index (χ3v) is 8.76. The topological polar surface area (TPSA) is 108 Å². The molecule has 0 saturated heterocycles. The van der Waals surface area contributed by atoms with Crippen molar-refractivity contribution in [2.75, 3.05) is 19.6 Å². The monoisotopic (exact) mass is 717 g/mol. The van der Waals surface area contributed by atoms with Gasteiger partial charge in [0.05, 0.1) is 5.92 Å². The molecule has 0 amide bonds. The Morgan fingerprint density at radius 2 is 0.887 bits per heavy atom. The van der Waals surface area contributed by atoms with Crippen LogP contribution in [0.15, 0.2) is 122 Å². The average Bonchev–Trinajstić information content (AvgIpc) is 3.21. The summed E-state index contributed by atoms with van der Waals surface area (Å²) in [6.07, 6.45) is 2.68. The molecule has 0 radical (unpaired) electrons. The number of carbonyl (C=O) groups excluding carboxylic acids is 4. The van der Waals surface area contributed by atoms with Crippen molar-refractivity contribution in [3.8, 4) is 22.3 Å². The summed E-state index contributed by atoms with van der Waals surface area (Å²) in [5.74, 6) is -2.13. The van der Waals surface area contributed by atoms with Gasteiger partial charge in [-0.3, -0.25) is 9.59 Å². The minimum absolute atomic E-state index is 0.0950. The predicted molar refractivity (Wildman–Crippen MR) is 204 cm³/mol. The van der Waals surface area contributed by atoms with Crippen LogP contribution in [0, 0.1) is 5.92 Å². The van der Waals surface area contributed by atoms with Crippen molar-refractivity contribution >= 4 is 23.9 Å². The summed E-state index contributed by atoms with van der Waals surface area (Å²) >= 11 is 0. The summed E-state index contributed by atoms with van der Waals surface area (Å²) in [5, 5.41) is 0. The van der Waals surface area contributed by atoms with Gasteiger partial charge in [-0.05, 0) is 64.0 Å². The highest BCUT2D eigenvalue weighted by Crippen LogP contribution is 2.23. The lowest BCUT2D eigenvalue weighted by molar-refractivity contribution is -0.152. The Balaban J connectivity index is 1.25. The van der Waals surface area contributed by atoms with E-state index < -0.39 is 17.9 Å². The van der Waals surface area contributed by atoms with E-state index in [0.29, 0.717) is 13.0 Å². The van der Waals surface area contributed by atoms with E-state index in [1.54, 1.807) is 0 Å². The number of carbonyl (C=O) groups is 4. The molecule has 4 rings (SSSR count). The van der Waals surface area contributed by atoms with Crippen LogP contribution in [0.25, 0.3) is 22.3 Å². The average molecular weight is 718 g/mol. The van der Waals surface area contributed by atoms with Crippen LogP contribution in [0.5, 0.6) is 0 Å². The second-order valence-corrected chi connectivity index (χ2v) is 12.4. The van der Waals surface area contributed by atoms with E-state index in [4.69, 9.17) is 18.9 Å². The fourth-order valence-electron chi connectivity index (χ4n) is 5.48. The van der Waals surface area contributed by atoms with E-state index in [1.165, 1.54) is 0 Å². The van der Waals surface area contributed by atoms with E-state index in [0.717, 1.165) is 69.7 Å². The Hall–Kier alpha value is -5.80. The maximum Gasteiger partial charge on any atom is 0.330 e. The standard InChI is InChI=1S/C44H47NO8/c1-5-41(46)50-28-32-9-17-36(18-10-32)38-21-13-34(14-22-38)30-52-43(48)26-25-40(27-45(7-3)8-4)44(49)53-31-35-15-23-39(24-16-35)37-19-11-33(12-20-37)29-51-42(47)6-2/h5-6,9-24,40H,1-2,7-8,25-31H2,3-4H3. The van der Waals surface area contributed by atoms with Crippen LogP contribution < -0.4 is 0 Å². The van der Waals surface area contributed by atoms with Crippen LogP contribution in [0.2, 0.25) is 0 Å². The Morgan fingerprint density at radius 1 is 0.547 bits per heavy atom. The SMILES string of the molecule is C=CC(=O)OCc1ccc(-c2ccc(COC(=O)CCC(CN(CC)CC)C(=O)OCc3ccc(-c4ccc(COC(=O)C=C)cc4)cc3)cc2)cc1. The molecule has 4 aromatic carbocycles. The molecular formula is C44H47NO8. The van der Waals surface area contributed by atoms with Gasteiger partial charge in [0.25, 0.3) is 0 Å². The molecule has 4 aromatic rings. The Morgan fingerprint density at radius 3 is 1.23 bits per heavy atom. The van der Waals surface area contributed by atoms with E-state index >= 15 is 0 Å². The number of esters is 4. The van der Waals surface area contributed by atoms with Gasteiger partial charge in [-0.25, -0.2) is 9.59 Å². The largest absolute Gasteiger partial charge is 0.461 e. The molecule has 53 heavy (non-hydrogen) atoms. The molecule has 0 aliphatic carbocycles. The Labute approximate surface area is 311 Å². The smallest absolute Gasteiger partial charge is 0.330 e. The summed E-state index contributed by atoms with van der Waals surface area (Å²) in [6, 6.07) is 31.0. The molecule has 0 spiro atoms. The second-order valence-electron chi connectivity index (χ2n) is 12.4. The maximum absolute atomic E-state index is 13.3. The minimum atomic E-state index is -0.481. The van der Waals surface area contributed by atoms with Gasteiger partial charge < -0.3 is 23.8 Å². The third-order valence-electron chi connectivity index (χ3n) is 8.76. The van der Waals surface area contributed by atoms with Crippen LogP contribution in [-0.2, 0) is 64.6 Å². The predicted octanol–water partition coefficient (Wildman–Crippen LogP) is 8.00. The van der Waals surface area contributed by atoms with E-state index in [9.17, 15) is 19.2 Å². The first kappa shape index (κ1) is 40.0. The zero-order valence-electron chi connectivity index (χ0n) is 30.5. The number of ether oxygens (including phenoxy) is 4. The van der Waals surface area contributed by atoms with Crippen LogP contribution in [0.3, 0.4) is 0 Å². The normalized spacial score (nSPS) is 11.3. The third kappa shape index (κ3) is 13.0. The summed E-state index contributed by atoms with van der Waals surface area (Å²) in [7, 11) is 0. The van der Waals surface area contributed by atoms with Crippen molar-refractivity contribution < 1.29 is 38.1 Å². The molecule has 1 atom stereocenters. The van der Waals surface area contributed by atoms with Gasteiger partial charge in [-0.2, -0.15) is 0 Å².